The van der Waals surface area contributed by atoms with Gasteiger partial charge in [-0.3, -0.25) is 19.2 Å². The predicted octanol–water partition coefficient (Wildman–Crippen LogP) is -0.477. The quantitative estimate of drug-likeness (QED) is 0.262. The fourth-order valence-corrected chi connectivity index (χ4v) is 4.08. The van der Waals surface area contributed by atoms with Gasteiger partial charge in [0.25, 0.3) is 0 Å². The number of carboxylic acid groups (broad SMARTS) is 1. The van der Waals surface area contributed by atoms with E-state index in [4.69, 9.17) is 11.5 Å². The predicted molar refractivity (Wildman–Crippen MR) is 128 cm³/mol. The lowest BCUT2D eigenvalue weighted by molar-refractivity contribution is -0.146. The van der Waals surface area contributed by atoms with Crippen molar-refractivity contribution in [2.75, 3.05) is 6.54 Å². The molecule has 0 spiro atoms. The molecule has 1 heterocycles. The third-order valence-corrected chi connectivity index (χ3v) is 6.27. The summed E-state index contributed by atoms with van der Waals surface area (Å²) in [6.07, 6.45) is 1.15. The molecule has 5 atom stereocenters. The molecule has 0 aliphatic carbocycles. The first-order chi connectivity index (χ1) is 16.5. The van der Waals surface area contributed by atoms with Gasteiger partial charge in [0.1, 0.15) is 18.1 Å². The number of carboxylic acids is 1. The minimum Gasteiger partial charge on any atom is -0.480 e. The molecule has 1 saturated heterocycles. The molecule has 0 saturated carbocycles. The van der Waals surface area contributed by atoms with Crippen molar-refractivity contribution in [2.45, 2.75) is 70.1 Å². The van der Waals surface area contributed by atoms with Gasteiger partial charge in [-0.2, -0.15) is 0 Å². The highest BCUT2D eigenvalue weighted by Gasteiger charge is 2.40. The van der Waals surface area contributed by atoms with E-state index in [1.807, 2.05) is 37.3 Å². The molecule has 1 aliphatic heterocycles. The van der Waals surface area contributed by atoms with Crippen molar-refractivity contribution < 1.29 is 29.1 Å². The molecule has 5 unspecified atom stereocenters. The van der Waals surface area contributed by atoms with Gasteiger partial charge in [0.15, 0.2) is 0 Å². The minimum absolute atomic E-state index is 0.221. The van der Waals surface area contributed by atoms with E-state index >= 15 is 0 Å². The maximum Gasteiger partial charge on any atom is 0.326 e. The van der Waals surface area contributed by atoms with Gasteiger partial charge in [-0.05, 0) is 30.7 Å². The smallest absolute Gasteiger partial charge is 0.326 e. The van der Waals surface area contributed by atoms with E-state index in [1.165, 1.54) is 4.90 Å². The molecular formula is C24H35N5O6. The van der Waals surface area contributed by atoms with Crippen LogP contribution in [0.15, 0.2) is 30.3 Å². The Bertz CT molecular complexity index is 924. The first-order valence-electron chi connectivity index (χ1n) is 11.8. The van der Waals surface area contributed by atoms with Crippen LogP contribution in [0.5, 0.6) is 0 Å². The molecule has 7 N–H and O–H groups in total. The van der Waals surface area contributed by atoms with E-state index in [1.54, 1.807) is 6.92 Å². The molecule has 1 aliphatic rings. The Morgan fingerprint density at radius 1 is 1.14 bits per heavy atom. The number of nitrogens with one attached hydrogen (secondary N) is 2. The summed E-state index contributed by atoms with van der Waals surface area (Å²) in [6.45, 7) is 3.75. The fraction of sp³-hybridized carbons (Fsp3) is 0.542. The number of aliphatic carboxylic acids is 1. The average Bonchev–Trinajstić information content (AvgIpc) is 3.31. The lowest BCUT2D eigenvalue weighted by atomic mass is 9.98. The molecule has 35 heavy (non-hydrogen) atoms. The third-order valence-electron chi connectivity index (χ3n) is 6.27. The van der Waals surface area contributed by atoms with Crippen LogP contribution in [0.2, 0.25) is 0 Å². The van der Waals surface area contributed by atoms with E-state index in [0.29, 0.717) is 19.3 Å². The van der Waals surface area contributed by atoms with Gasteiger partial charge < -0.3 is 32.1 Å². The Hall–Kier alpha value is -3.47. The lowest BCUT2D eigenvalue weighted by Crippen LogP contribution is -2.58. The molecule has 2 rings (SSSR count). The summed E-state index contributed by atoms with van der Waals surface area (Å²) in [5.74, 6) is -4.13. The summed E-state index contributed by atoms with van der Waals surface area (Å²) >= 11 is 0. The standard InChI is InChI=1S/C24H35N5O6/c1-3-14(2)20(24(34)35)28-22(32)18-10-7-11-29(18)23(33)17(13-19(26)30)27-21(31)16(25)12-15-8-5-4-6-9-15/h4-6,8-9,14,16-18,20H,3,7,10-13,25H2,1-2H3,(H2,26,30)(H,27,31)(H,28,32)(H,34,35). The van der Waals surface area contributed by atoms with Crippen molar-refractivity contribution in [1.29, 1.82) is 0 Å². The molecule has 1 fully saturated rings. The van der Waals surface area contributed by atoms with Gasteiger partial charge in [0.05, 0.1) is 12.5 Å². The maximum atomic E-state index is 13.3. The van der Waals surface area contributed by atoms with Crippen LogP contribution >= 0.6 is 0 Å². The van der Waals surface area contributed by atoms with Crippen molar-refractivity contribution >= 4 is 29.6 Å². The zero-order valence-electron chi connectivity index (χ0n) is 20.1. The summed E-state index contributed by atoms with van der Waals surface area (Å²) < 4.78 is 0. The van der Waals surface area contributed by atoms with Crippen LogP contribution < -0.4 is 22.1 Å². The first kappa shape index (κ1) is 27.8. The molecule has 1 aromatic rings. The maximum absolute atomic E-state index is 13.3. The average molecular weight is 490 g/mol. The Morgan fingerprint density at radius 2 is 1.80 bits per heavy atom. The topological polar surface area (TPSA) is 185 Å². The number of rotatable bonds is 12. The first-order valence-corrected chi connectivity index (χ1v) is 11.8. The van der Waals surface area contributed by atoms with Crippen molar-refractivity contribution in [3.63, 3.8) is 0 Å². The number of nitrogens with zero attached hydrogens (tertiary/aromatic N) is 1. The number of primary amides is 1. The van der Waals surface area contributed by atoms with Gasteiger partial charge in [-0.15, -0.1) is 0 Å². The summed E-state index contributed by atoms with van der Waals surface area (Å²) in [4.78, 5) is 63.4. The Morgan fingerprint density at radius 3 is 2.37 bits per heavy atom. The third kappa shape index (κ3) is 7.78. The molecule has 192 valence electrons. The largest absolute Gasteiger partial charge is 0.480 e. The molecule has 0 radical (unpaired) electrons. The van der Waals surface area contributed by atoms with Gasteiger partial charge >= 0.3 is 5.97 Å². The van der Waals surface area contributed by atoms with Crippen LogP contribution in [0.25, 0.3) is 0 Å². The van der Waals surface area contributed by atoms with Gasteiger partial charge in [0, 0.05) is 6.54 Å². The number of nitrogens with two attached hydrogens (primary N) is 2. The second-order valence-electron chi connectivity index (χ2n) is 8.93. The number of likely N-dealkylation sites (tertiary alicyclic amines) is 1. The zero-order chi connectivity index (χ0) is 26.1. The summed E-state index contributed by atoms with van der Waals surface area (Å²) in [5, 5.41) is 14.5. The fourth-order valence-electron chi connectivity index (χ4n) is 4.08. The van der Waals surface area contributed by atoms with Crippen molar-refractivity contribution in [2.24, 2.45) is 17.4 Å². The van der Waals surface area contributed by atoms with Crippen LogP contribution in [0.3, 0.4) is 0 Å². The van der Waals surface area contributed by atoms with E-state index in [2.05, 4.69) is 10.6 Å². The normalized spacial score (nSPS) is 18.7. The second kappa shape index (κ2) is 12.8. The minimum atomic E-state index is -1.29. The molecule has 0 aromatic heterocycles. The summed E-state index contributed by atoms with van der Waals surface area (Å²) in [7, 11) is 0. The number of hydrogen-bond donors (Lipinski definition) is 5. The Kier molecular flexibility index (Phi) is 10.2. The molecular weight excluding hydrogens is 454 g/mol. The number of hydrogen-bond acceptors (Lipinski definition) is 6. The Labute approximate surface area is 204 Å². The molecule has 11 heteroatoms. The van der Waals surface area contributed by atoms with E-state index < -0.39 is 60.2 Å². The van der Waals surface area contributed by atoms with E-state index in [0.717, 1.165) is 5.56 Å². The Balaban J connectivity index is 2.12. The van der Waals surface area contributed by atoms with Gasteiger partial charge in [-0.1, -0.05) is 50.6 Å². The number of carbonyl (C=O) groups excluding carboxylic acids is 4. The van der Waals surface area contributed by atoms with Crippen LogP contribution in [0.1, 0.15) is 45.1 Å². The number of carbonyl (C=O) groups is 5. The van der Waals surface area contributed by atoms with Crippen molar-refractivity contribution in [1.82, 2.24) is 15.5 Å². The number of benzene rings is 1. The molecule has 0 bridgehead atoms. The van der Waals surface area contributed by atoms with Gasteiger partial charge in [0.2, 0.25) is 23.6 Å². The van der Waals surface area contributed by atoms with Crippen LogP contribution in [0, 0.1) is 5.92 Å². The monoisotopic (exact) mass is 489 g/mol. The van der Waals surface area contributed by atoms with Crippen LogP contribution in [0.4, 0.5) is 0 Å². The van der Waals surface area contributed by atoms with E-state index in [-0.39, 0.29) is 18.9 Å². The van der Waals surface area contributed by atoms with E-state index in [9.17, 15) is 29.1 Å². The van der Waals surface area contributed by atoms with Gasteiger partial charge in [-0.25, -0.2) is 4.79 Å². The number of amides is 4. The molecule has 11 nitrogen and oxygen atoms in total. The second-order valence-corrected chi connectivity index (χ2v) is 8.93. The van der Waals surface area contributed by atoms with Crippen LogP contribution in [-0.2, 0) is 30.4 Å². The van der Waals surface area contributed by atoms with Crippen molar-refractivity contribution in [3.8, 4) is 0 Å². The van der Waals surface area contributed by atoms with Crippen LogP contribution in [-0.4, -0.2) is 70.3 Å². The van der Waals surface area contributed by atoms with Crippen molar-refractivity contribution in [3.05, 3.63) is 35.9 Å². The molecule has 4 amide bonds. The summed E-state index contributed by atoms with van der Waals surface area (Å²) in [5.41, 5.74) is 12.2. The zero-order valence-corrected chi connectivity index (χ0v) is 20.1. The summed E-state index contributed by atoms with van der Waals surface area (Å²) in [6, 6.07) is 4.82. The highest BCUT2D eigenvalue weighted by atomic mass is 16.4. The highest BCUT2D eigenvalue weighted by molar-refractivity contribution is 5.96. The highest BCUT2D eigenvalue weighted by Crippen LogP contribution is 2.20. The lowest BCUT2D eigenvalue weighted by Gasteiger charge is -2.30. The molecule has 1 aromatic carbocycles. The SMILES string of the molecule is CCC(C)C(NC(=O)C1CCCN1C(=O)C(CC(N)=O)NC(=O)C(N)Cc1ccccc1)C(=O)O.